The maximum Gasteiger partial charge on any atom is 0.331 e. The van der Waals surface area contributed by atoms with Crippen molar-refractivity contribution in [1.82, 2.24) is 15.1 Å². The molecule has 8 heteroatoms. The number of carbonyl (C=O) groups is 4. The van der Waals surface area contributed by atoms with E-state index in [0.29, 0.717) is 11.1 Å². The largest absolute Gasteiger partial charge is 0.478 e. The van der Waals surface area contributed by atoms with Crippen LogP contribution in [0.2, 0.25) is 0 Å². The second kappa shape index (κ2) is 18.0. The Balaban J connectivity index is 0.00000206. The topological polar surface area (TPSA) is 107 Å². The highest BCUT2D eigenvalue weighted by Crippen LogP contribution is 2.22. The third-order valence-electron chi connectivity index (χ3n) is 7.70. The molecule has 234 valence electrons. The fourth-order valence-electron chi connectivity index (χ4n) is 4.97. The fourth-order valence-corrected chi connectivity index (χ4v) is 4.97. The summed E-state index contributed by atoms with van der Waals surface area (Å²) in [6, 6.07) is 15.2. The van der Waals surface area contributed by atoms with Crippen molar-refractivity contribution < 1.29 is 24.3 Å². The average Bonchev–Trinajstić information content (AvgIpc) is 3.03. The number of carboxylic acids is 1. The van der Waals surface area contributed by atoms with E-state index < -0.39 is 12.0 Å². The molecule has 0 aliphatic carbocycles. The molecule has 8 nitrogen and oxygen atoms in total. The van der Waals surface area contributed by atoms with E-state index in [4.69, 9.17) is 5.11 Å². The second-order valence-corrected chi connectivity index (χ2v) is 11.3. The number of likely N-dealkylation sites (N-methyl/N-ethyl adjacent to an activating group) is 1. The maximum absolute atomic E-state index is 13.6. The van der Waals surface area contributed by atoms with E-state index in [0.717, 1.165) is 37.8 Å². The Labute approximate surface area is 257 Å². The van der Waals surface area contributed by atoms with Gasteiger partial charge in [0.15, 0.2) is 5.78 Å². The monoisotopic (exact) mass is 591 g/mol. The van der Waals surface area contributed by atoms with E-state index in [2.05, 4.69) is 37.9 Å². The highest BCUT2D eigenvalue weighted by Gasteiger charge is 2.34. The quantitative estimate of drug-likeness (QED) is 0.249. The number of nitrogens with zero attached hydrogens (tertiary/aromatic N) is 2. The number of amides is 2. The number of hydrogen-bond donors (Lipinski definition) is 2. The number of hydrogen-bond acceptors (Lipinski definition) is 5. The molecule has 3 unspecified atom stereocenters. The van der Waals surface area contributed by atoms with Gasteiger partial charge in [-0.15, -0.1) is 0 Å². The number of likely N-dealkylation sites (tertiary alicyclic amines) is 1. The van der Waals surface area contributed by atoms with E-state index in [1.165, 1.54) is 24.3 Å². The third kappa shape index (κ3) is 10.8. The van der Waals surface area contributed by atoms with Crippen LogP contribution in [0.3, 0.4) is 0 Å². The first kappa shape index (κ1) is 35.4. The van der Waals surface area contributed by atoms with Crippen LogP contribution in [0.4, 0.5) is 0 Å². The van der Waals surface area contributed by atoms with Gasteiger partial charge in [-0.3, -0.25) is 19.3 Å². The third-order valence-corrected chi connectivity index (χ3v) is 7.70. The molecule has 1 aliphatic heterocycles. The Morgan fingerprint density at radius 3 is 2.19 bits per heavy atom. The maximum atomic E-state index is 13.6. The summed E-state index contributed by atoms with van der Waals surface area (Å²) < 4.78 is 0. The lowest BCUT2D eigenvalue weighted by Crippen LogP contribution is -2.57. The molecule has 3 atom stereocenters. The van der Waals surface area contributed by atoms with Crippen molar-refractivity contribution in [3.05, 3.63) is 82.9 Å². The SMILES string of the molecule is CCC.CCC(C)N1CCCCC1C(=O)NC(Cc1ccc(C(=O)c2ccccc2)cc1)C(=O)N(C)C/C=C(\C)C(=O)O. The summed E-state index contributed by atoms with van der Waals surface area (Å²) in [5, 5.41) is 12.2. The van der Waals surface area contributed by atoms with Crippen LogP contribution in [0, 0.1) is 0 Å². The molecular weight excluding hydrogens is 542 g/mol. The Kier molecular flexibility index (Phi) is 14.8. The number of nitrogens with one attached hydrogen (secondary N) is 1. The lowest BCUT2D eigenvalue weighted by atomic mass is 9.97. The van der Waals surface area contributed by atoms with Gasteiger partial charge in [0, 0.05) is 42.8 Å². The van der Waals surface area contributed by atoms with Crippen LogP contribution >= 0.6 is 0 Å². The van der Waals surface area contributed by atoms with Crippen molar-refractivity contribution in [2.75, 3.05) is 20.1 Å². The smallest absolute Gasteiger partial charge is 0.331 e. The first-order valence-electron chi connectivity index (χ1n) is 15.4. The predicted octanol–water partition coefficient (Wildman–Crippen LogP) is 5.50. The summed E-state index contributed by atoms with van der Waals surface area (Å²) in [5.41, 5.74) is 2.08. The molecule has 2 amide bonds. The molecule has 0 spiro atoms. The second-order valence-electron chi connectivity index (χ2n) is 11.3. The molecular formula is C35H49N3O5. The number of ketones is 1. The highest BCUT2D eigenvalue weighted by molar-refractivity contribution is 6.08. The molecule has 0 bridgehead atoms. The number of aliphatic carboxylic acids is 1. The van der Waals surface area contributed by atoms with Gasteiger partial charge in [0.1, 0.15) is 6.04 Å². The summed E-state index contributed by atoms with van der Waals surface area (Å²) >= 11 is 0. The van der Waals surface area contributed by atoms with E-state index in [9.17, 15) is 19.2 Å². The Morgan fingerprint density at radius 2 is 1.60 bits per heavy atom. The van der Waals surface area contributed by atoms with Crippen LogP contribution in [0.15, 0.2) is 66.2 Å². The van der Waals surface area contributed by atoms with Crippen molar-refractivity contribution >= 4 is 23.6 Å². The van der Waals surface area contributed by atoms with Crippen molar-refractivity contribution in [2.45, 2.75) is 91.3 Å². The van der Waals surface area contributed by atoms with Crippen LogP contribution in [-0.2, 0) is 20.8 Å². The van der Waals surface area contributed by atoms with Gasteiger partial charge in [0.25, 0.3) is 0 Å². The van der Waals surface area contributed by atoms with E-state index in [1.807, 2.05) is 30.3 Å². The zero-order chi connectivity index (χ0) is 31.9. The lowest BCUT2D eigenvalue weighted by Gasteiger charge is -2.39. The standard InChI is InChI=1S/C32H41N3O5.C3H8/c1-5-23(3)35-19-10-9-13-28(35)30(37)33-27(31(38)34(4)20-18-22(2)32(39)40)21-24-14-16-26(17-15-24)29(36)25-11-7-6-8-12-25;1-3-2/h6-8,11-12,14-18,23,27-28H,5,9-10,13,19-21H2,1-4H3,(H,33,37)(H,39,40);3H2,1-2H3/b22-18+;. The lowest BCUT2D eigenvalue weighted by molar-refractivity contribution is -0.137. The molecule has 3 rings (SSSR count). The van der Waals surface area contributed by atoms with Crippen molar-refractivity contribution in [3.8, 4) is 0 Å². The fraction of sp³-hybridized carbons (Fsp3) is 0.486. The van der Waals surface area contributed by atoms with Crippen molar-refractivity contribution in [3.63, 3.8) is 0 Å². The van der Waals surface area contributed by atoms with Gasteiger partial charge >= 0.3 is 5.97 Å². The zero-order valence-corrected chi connectivity index (χ0v) is 26.6. The first-order valence-corrected chi connectivity index (χ1v) is 15.4. The van der Waals surface area contributed by atoms with Gasteiger partial charge in [-0.25, -0.2) is 4.79 Å². The number of piperidine rings is 1. The van der Waals surface area contributed by atoms with E-state index in [-0.39, 0.29) is 48.2 Å². The van der Waals surface area contributed by atoms with Gasteiger partial charge in [-0.1, -0.05) is 94.3 Å². The van der Waals surface area contributed by atoms with Gasteiger partial charge in [0.05, 0.1) is 6.04 Å². The van der Waals surface area contributed by atoms with Crippen LogP contribution in [-0.4, -0.2) is 76.7 Å². The summed E-state index contributed by atoms with van der Waals surface area (Å²) in [5.74, 6) is -1.60. The first-order chi connectivity index (χ1) is 20.5. The average molecular weight is 592 g/mol. The summed E-state index contributed by atoms with van der Waals surface area (Å²) in [7, 11) is 1.60. The van der Waals surface area contributed by atoms with E-state index >= 15 is 0 Å². The molecule has 1 aliphatic rings. The molecule has 43 heavy (non-hydrogen) atoms. The molecule has 0 radical (unpaired) electrons. The Bertz CT molecular complexity index is 1230. The van der Waals surface area contributed by atoms with Crippen LogP contribution < -0.4 is 5.32 Å². The molecule has 2 aromatic rings. The van der Waals surface area contributed by atoms with Crippen molar-refractivity contribution in [1.29, 1.82) is 0 Å². The Morgan fingerprint density at radius 1 is 1.00 bits per heavy atom. The molecule has 2 N–H and O–H groups in total. The van der Waals surface area contributed by atoms with Crippen molar-refractivity contribution in [2.24, 2.45) is 0 Å². The number of rotatable bonds is 12. The molecule has 1 saturated heterocycles. The van der Waals surface area contributed by atoms with E-state index in [1.54, 1.807) is 31.3 Å². The minimum atomic E-state index is -1.04. The zero-order valence-electron chi connectivity index (χ0n) is 26.6. The minimum Gasteiger partial charge on any atom is -0.478 e. The predicted molar refractivity (Wildman–Crippen MR) is 171 cm³/mol. The normalized spacial score (nSPS) is 16.7. The molecule has 0 aromatic heterocycles. The number of carbonyl (C=O) groups excluding carboxylic acids is 3. The van der Waals surface area contributed by atoms with Gasteiger partial charge < -0.3 is 15.3 Å². The molecule has 2 aromatic carbocycles. The van der Waals surface area contributed by atoms with Gasteiger partial charge in [-0.05, 0) is 45.2 Å². The minimum absolute atomic E-state index is 0.0872. The molecule has 1 fully saturated rings. The summed E-state index contributed by atoms with van der Waals surface area (Å²) in [4.78, 5) is 54.8. The summed E-state index contributed by atoms with van der Waals surface area (Å²) in [6.45, 7) is 10.9. The van der Waals surface area contributed by atoms with Crippen LogP contribution in [0.5, 0.6) is 0 Å². The van der Waals surface area contributed by atoms with Gasteiger partial charge in [0.2, 0.25) is 11.8 Å². The number of benzene rings is 2. The van der Waals surface area contributed by atoms with Crippen LogP contribution in [0.1, 0.15) is 88.2 Å². The molecule has 0 saturated carbocycles. The Hall–Kier alpha value is -3.78. The summed E-state index contributed by atoms with van der Waals surface area (Å²) in [6.07, 6.45) is 6.64. The highest BCUT2D eigenvalue weighted by atomic mass is 16.4. The van der Waals surface area contributed by atoms with Gasteiger partial charge in [-0.2, -0.15) is 0 Å². The molecule has 1 heterocycles. The number of carboxylic acid groups (broad SMARTS) is 1. The van der Waals surface area contributed by atoms with Crippen LogP contribution in [0.25, 0.3) is 0 Å².